The Bertz CT molecular complexity index is 850. The Kier molecular flexibility index (Phi) is 3.44. The monoisotopic (exact) mass is 321 g/mol. The minimum atomic E-state index is -0.547. The van der Waals surface area contributed by atoms with Crippen LogP contribution in [0.4, 0.5) is 5.69 Å². The molecule has 0 saturated heterocycles. The van der Waals surface area contributed by atoms with Gasteiger partial charge in [0, 0.05) is 0 Å². The lowest BCUT2D eigenvalue weighted by Gasteiger charge is -2.09. The molecule has 0 fully saturated rings. The van der Waals surface area contributed by atoms with E-state index in [0.717, 1.165) is 10.2 Å². The highest BCUT2D eigenvalue weighted by Crippen LogP contribution is 2.36. The third kappa shape index (κ3) is 2.53. The van der Waals surface area contributed by atoms with Crippen LogP contribution < -0.4 is 4.74 Å². The van der Waals surface area contributed by atoms with Crippen molar-refractivity contribution in [2.24, 2.45) is 0 Å². The van der Waals surface area contributed by atoms with E-state index in [2.05, 4.69) is 9.97 Å². The fraction of sp³-hybridized carbons (Fsp3) is 0.0769. The Morgan fingerprint density at radius 3 is 2.95 bits per heavy atom. The van der Waals surface area contributed by atoms with Crippen molar-refractivity contribution in [3.8, 4) is 11.6 Å². The predicted molar refractivity (Wildman–Crippen MR) is 80.3 cm³/mol. The summed E-state index contributed by atoms with van der Waals surface area (Å²) in [5.74, 6) is 0.707. The fourth-order valence-electron chi connectivity index (χ4n) is 1.84. The van der Waals surface area contributed by atoms with Gasteiger partial charge in [0.25, 0.3) is 5.69 Å². The summed E-state index contributed by atoms with van der Waals surface area (Å²) >= 11 is 7.32. The summed E-state index contributed by atoms with van der Waals surface area (Å²) in [4.78, 5) is 19.4. The number of benzene rings is 1. The first-order valence-corrected chi connectivity index (χ1v) is 7.12. The van der Waals surface area contributed by atoms with E-state index in [1.165, 1.54) is 29.8 Å². The summed E-state index contributed by atoms with van der Waals surface area (Å²) in [7, 11) is 0. The van der Waals surface area contributed by atoms with Gasteiger partial charge in [-0.25, -0.2) is 9.97 Å². The van der Waals surface area contributed by atoms with Gasteiger partial charge in [-0.15, -0.1) is 11.3 Å². The van der Waals surface area contributed by atoms with Gasteiger partial charge in [-0.05, 0) is 30.0 Å². The number of nitrogens with zero attached hydrogens (tertiary/aromatic N) is 3. The summed E-state index contributed by atoms with van der Waals surface area (Å²) < 4.78 is 5.72. The molecule has 2 aromatic heterocycles. The van der Waals surface area contributed by atoms with Crippen molar-refractivity contribution in [2.75, 3.05) is 0 Å². The van der Waals surface area contributed by atoms with Crippen LogP contribution in [-0.2, 0) is 0 Å². The van der Waals surface area contributed by atoms with Crippen molar-refractivity contribution < 1.29 is 9.66 Å². The number of hydrogen-bond donors (Lipinski definition) is 0. The Labute approximate surface area is 128 Å². The van der Waals surface area contributed by atoms with Crippen LogP contribution in [0.3, 0.4) is 0 Å². The Morgan fingerprint density at radius 1 is 1.38 bits per heavy atom. The molecule has 106 valence electrons. The molecule has 0 spiro atoms. The van der Waals surface area contributed by atoms with Crippen molar-refractivity contribution >= 4 is 38.8 Å². The van der Waals surface area contributed by atoms with Gasteiger partial charge in [-0.2, -0.15) is 0 Å². The van der Waals surface area contributed by atoms with E-state index in [1.807, 2.05) is 11.4 Å². The number of ether oxygens (including phenoxy) is 1. The second-order valence-corrected chi connectivity index (χ2v) is 5.55. The second-order valence-electron chi connectivity index (χ2n) is 4.25. The van der Waals surface area contributed by atoms with E-state index in [4.69, 9.17) is 16.3 Å². The molecule has 0 aliphatic heterocycles. The zero-order valence-electron chi connectivity index (χ0n) is 10.7. The van der Waals surface area contributed by atoms with E-state index < -0.39 is 4.92 Å². The van der Waals surface area contributed by atoms with Crippen molar-refractivity contribution in [3.05, 3.63) is 50.6 Å². The number of fused-ring (bicyclic) bond motifs is 1. The van der Waals surface area contributed by atoms with Crippen LogP contribution in [0.5, 0.6) is 11.6 Å². The maximum Gasteiger partial charge on any atom is 0.291 e. The molecule has 0 amide bonds. The zero-order chi connectivity index (χ0) is 15.0. The number of rotatable bonds is 3. The molecule has 2 heterocycles. The molecule has 0 aliphatic carbocycles. The minimum Gasteiger partial charge on any atom is -0.438 e. The Morgan fingerprint density at radius 2 is 2.19 bits per heavy atom. The molecule has 0 saturated carbocycles. The van der Waals surface area contributed by atoms with Gasteiger partial charge < -0.3 is 4.74 Å². The van der Waals surface area contributed by atoms with Crippen LogP contribution in [0.25, 0.3) is 10.2 Å². The summed E-state index contributed by atoms with van der Waals surface area (Å²) in [6, 6.07) is 4.65. The first-order chi connectivity index (χ1) is 10.1. The molecule has 0 radical (unpaired) electrons. The molecule has 6 nitrogen and oxygen atoms in total. The normalized spacial score (nSPS) is 10.8. The van der Waals surface area contributed by atoms with Gasteiger partial charge in [0.2, 0.25) is 5.88 Å². The van der Waals surface area contributed by atoms with Crippen molar-refractivity contribution in [1.29, 1.82) is 0 Å². The molecule has 3 aromatic rings. The molecular formula is C13H8ClN3O3S. The summed E-state index contributed by atoms with van der Waals surface area (Å²) in [5, 5.41) is 13.7. The van der Waals surface area contributed by atoms with Crippen LogP contribution >= 0.6 is 22.9 Å². The molecule has 3 rings (SSSR count). The molecule has 0 N–H and O–H groups in total. The molecule has 1 aromatic carbocycles. The lowest BCUT2D eigenvalue weighted by Crippen LogP contribution is -1.95. The van der Waals surface area contributed by atoms with E-state index in [-0.39, 0.29) is 10.7 Å². The topological polar surface area (TPSA) is 78.2 Å². The highest BCUT2D eigenvalue weighted by molar-refractivity contribution is 7.16. The minimum absolute atomic E-state index is 0.0771. The quantitative estimate of drug-likeness (QED) is 0.529. The van der Waals surface area contributed by atoms with Crippen molar-refractivity contribution in [1.82, 2.24) is 9.97 Å². The van der Waals surface area contributed by atoms with Crippen LogP contribution in [0.2, 0.25) is 5.02 Å². The molecular weight excluding hydrogens is 314 g/mol. The lowest BCUT2D eigenvalue weighted by molar-refractivity contribution is -0.384. The smallest absolute Gasteiger partial charge is 0.291 e. The third-order valence-corrected chi connectivity index (χ3v) is 4.00. The summed E-state index contributed by atoms with van der Waals surface area (Å²) in [6.07, 6.45) is 1.40. The van der Waals surface area contributed by atoms with Gasteiger partial charge in [-0.1, -0.05) is 11.6 Å². The predicted octanol–water partition coefficient (Wildman–Crippen LogP) is 4.35. The maximum absolute atomic E-state index is 11.0. The zero-order valence-corrected chi connectivity index (χ0v) is 12.3. The number of aryl methyl sites for hydroxylation is 1. The first-order valence-electron chi connectivity index (χ1n) is 5.87. The Hall–Kier alpha value is -2.25. The first kappa shape index (κ1) is 13.7. The van der Waals surface area contributed by atoms with Crippen molar-refractivity contribution in [2.45, 2.75) is 6.92 Å². The van der Waals surface area contributed by atoms with Crippen LogP contribution in [0, 0.1) is 17.0 Å². The molecule has 8 heteroatoms. The maximum atomic E-state index is 11.0. The number of halogens is 1. The van der Waals surface area contributed by atoms with E-state index >= 15 is 0 Å². The molecule has 0 unspecified atom stereocenters. The van der Waals surface area contributed by atoms with Gasteiger partial charge in [0.1, 0.15) is 21.9 Å². The Balaban J connectivity index is 2.07. The number of hydrogen-bond acceptors (Lipinski definition) is 6. The fourth-order valence-corrected chi connectivity index (χ4v) is 2.86. The average Bonchev–Trinajstić information content (AvgIpc) is 2.90. The van der Waals surface area contributed by atoms with Crippen molar-refractivity contribution in [3.63, 3.8) is 0 Å². The number of nitro groups is 1. The van der Waals surface area contributed by atoms with Gasteiger partial charge in [0.05, 0.1) is 16.4 Å². The van der Waals surface area contributed by atoms with Crippen LogP contribution in [-0.4, -0.2) is 14.9 Å². The highest BCUT2D eigenvalue weighted by atomic mass is 35.5. The largest absolute Gasteiger partial charge is 0.438 e. The van der Waals surface area contributed by atoms with Gasteiger partial charge in [-0.3, -0.25) is 10.1 Å². The SMILES string of the molecule is Cc1cc(Cl)c([N+](=O)[O-])cc1Oc1ncnc2sccc12. The number of aromatic nitrogens is 2. The molecule has 0 atom stereocenters. The molecule has 0 bridgehead atoms. The van der Waals surface area contributed by atoms with Gasteiger partial charge >= 0.3 is 0 Å². The van der Waals surface area contributed by atoms with E-state index in [9.17, 15) is 10.1 Å². The number of nitro benzene ring substituents is 1. The lowest BCUT2D eigenvalue weighted by atomic mass is 10.2. The van der Waals surface area contributed by atoms with Crippen LogP contribution in [0.15, 0.2) is 29.9 Å². The molecule has 0 aliphatic rings. The summed E-state index contributed by atoms with van der Waals surface area (Å²) in [6.45, 7) is 1.76. The second kappa shape index (κ2) is 5.27. The number of thiophene rings is 1. The third-order valence-electron chi connectivity index (χ3n) is 2.87. The average molecular weight is 322 g/mol. The summed E-state index contributed by atoms with van der Waals surface area (Å²) in [5.41, 5.74) is 0.487. The van der Waals surface area contributed by atoms with E-state index in [0.29, 0.717) is 17.2 Å². The van der Waals surface area contributed by atoms with E-state index in [1.54, 1.807) is 6.92 Å². The molecule has 21 heavy (non-hydrogen) atoms. The standard InChI is InChI=1S/C13H8ClN3O3S/c1-7-4-9(14)10(17(18)19)5-11(7)20-12-8-2-3-21-13(8)16-6-15-12/h2-6H,1H3. The van der Waals surface area contributed by atoms with Crippen LogP contribution in [0.1, 0.15) is 5.56 Å². The van der Waals surface area contributed by atoms with Gasteiger partial charge in [0.15, 0.2) is 0 Å². The highest BCUT2D eigenvalue weighted by Gasteiger charge is 2.17.